The molecule has 92 valence electrons. The van der Waals surface area contributed by atoms with Crippen LogP contribution in [0.1, 0.15) is 30.9 Å². The first-order valence-corrected chi connectivity index (χ1v) is 6.28. The maximum absolute atomic E-state index is 11.3. The number of piperidine rings is 1. The van der Waals surface area contributed by atoms with Crippen molar-refractivity contribution in [1.82, 2.24) is 9.88 Å². The molecule has 3 heteroatoms. The Morgan fingerprint density at radius 3 is 2.71 bits per heavy atom. The van der Waals surface area contributed by atoms with Gasteiger partial charge in [0.25, 0.3) is 0 Å². The zero-order valence-corrected chi connectivity index (χ0v) is 10.6. The minimum absolute atomic E-state index is 0.293. The van der Waals surface area contributed by atoms with Gasteiger partial charge in [0.05, 0.1) is 0 Å². The average Bonchev–Trinajstić information content (AvgIpc) is 2.29. The van der Waals surface area contributed by atoms with E-state index in [1.54, 1.807) is 6.92 Å². The van der Waals surface area contributed by atoms with Crippen molar-refractivity contribution in [1.29, 1.82) is 0 Å². The first-order valence-electron chi connectivity index (χ1n) is 6.28. The molecule has 1 saturated heterocycles. The van der Waals surface area contributed by atoms with Gasteiger partial charge in [-0.15, -0.1) is 0 Å². The zero-order valence-electron chi connectivity index (χ0n) is 10.6. The maximum Gasteiger partial charge on any atom is 0.133 e. The topological polar surface area (TPSA) is 33.2 Å². The minimum Gasteiger partial charge on any atom is -0.300 e. The van der Waals surface area contributed by atoms with E-state index >= 15 is 0 Å². The molecule has 0 aromatic carbocycles. The smallest absolute Gasteiger partial charge is 0.133 e. The van der Waals surface area contributed by atoms with Gasteiger partial charge in [-0.3, -0.25) is 14.7 Å². The van der Waals surface area contributed by atoms with Crippen LogP contribution in [-0.4, -0.2) is 28.8 Å². The van der Waals surface area contributed by atoms with Gasteiger partial charge >= 0.3 is 0 Å². The van der Waals surface area contributed by atoms with Crippen LogP contribution in [0, 0.1) is 12.8 Å². The summed E-state index contributed by atoms with van der Waals surface area (Å²) in [6, 6.07) is 2.18. The normalized spacial score (nSPS) is 18.2. The summed E-state index contributed by atoms with van der Waals surface area (Å²) < 4.78 is 0. The van der Waals surface area contributed by atoms with Crippen LogP contribution in [0.25, 0.3) is 0 Å². The number of pyridine rings is 1. The molecule has 2 heterocycles. The van der Waals surface area contributed by atoms with Crippen molar-refractivity contribution in [3.8, 4) is 0 Å². The Balaban J connectivity index is 1.88. The first-order chi connectivity index (χ1) is 8.15. The highest BCUT2D eigenvalue weighted by Gasteiger charge is 2.22. The molecule has 2 rings (SSSR count). The van der Waals surface area contributed by atoms with E-state index in [1.807, 2.05) is 12.4 Å². The predicted octanol–water partition coefficient (Wildman–Crippen LogP) is 2.19. The van der Waals surface area contributed by atoms with Crippen LogP contribution >= 0.6 is 0 Å². The molecule has 0 amide bonds. The number of carbonyl (C=O) groups excluding carboxylic acids is 1. The summed E-state index contributed by atoms with van der Waals surface area (Å²) in [4.78, 5) is 17.9. The lowest BCUT2D eigenvalue weighted by Crippen LogP contribution is -2.35. The molecule has 1 aliphatic heterocycles. The molecule has 0 N–H and O–H groups in total. The van der Waals surface area contributed by atoms with Crippen molar-refractivity contribution < 1.29 is 4.79 Å². The molecule has 0 radical (unpaired) electrons. The van der Waals surface area contributed by atoms with Crippen LogP contribution in [0.2, 0.25) is 0 Å². The van der Waals surface area contributed by atoms with Crippen LogP contribution in [0.5, 0.6) is 0 Å². The lowest BCUT2D eigenvalue weighted by molar-refractivity contribution is -0.122. The number of likely N-dealkylation sites (tertiary alicyclic amines) is 1. The van der Waals surface area contributed by atoms with E-state index in [1.165, 1.54) is 11.1 Å². The van der Waals surface area contributed by atoms with E-state index in [4.69, 9.17) is 0 Å². The van der Waals surface area contributed by atoms with Crippen LogP contribution in [0.4, 0.5) is 0 Å². The Bertz CT molecular complexity index is 395. The van der Waals surface area contributed by atoms with Gasteiger partial charge in [-0.1, -0.05) is 6.07 Å². The lowest BCUT2D eigenvalue weighted by Gasteiger charge is -2.30. The van der Waals surface area contributed by atoms with E-state index in [0.29, 0.717) is 11.7 Å². The van der Waals surface area contributed by atoms with Gasteiger partial charge in [0, 0.05) is 24.9 Å². The molecule has 17 heavy (non-hydrogen) atoms. The summed E-state index contributed by atoms with van der Waals surface area (Å²) in [5.41, 5.74) is 2.48. The number of rotatable bonds is 3. The van der Waals surface area contributed by atoms with Crippen LogP contribution in [-0.2, 0) is 11.3 Å². The van der Waals surface area contributed by atoms with E-state index < -0.39 is 0 Å². The van der Waals surface area contributed by atoms with Gasteiger partial charge in [0.15, 0.2) is 0 Å². The highest BCUT2D eigenvalue weighted by Crippen LogP contribution is 2.19. The van der Waals surface area contributed by atoms with Crippen LogP contribution < -0.4 is 0 Å². The Morgan fingerprint density at radius 2 is 2.12 bits per heavy atom. The highest BCUT2D eigenvalue weighted by atomic mass is 16.1. The molecule has 1 aliphatic rings. The summed E-state index contributed by atoms with van der Waals surface area (Å²) in [6.45, 7) is 6.79. The van der Waals surface area contributed by atoms with E-state index in [-0.39, 0.29) is 0 Å². The van der Waals surface area contributed by atoms with E-state index in [2.05, 4.69) is 22.9 Å². The van der Waals surface area contributed by atoms with Gasteiger partial charge in [-0.25, -0.2) is 0 Å². The molecule has 0 unspecified atom stereocenters. The molecular weight excluding hydrogens is 212 g/mol. The van der Waals surface area contributed by atoms with Gasteiger partial charge in [-0.2, -0.15) is 0 Å². The Hall–Kier alpha value is -1.22. The molecule has 1 fully saturated rings. The number of Topliss-reactive ketones (excluding diaryl/α,β-unsaturated/α-hetero) is 1. The van der Waals surface area contributed by atoms with Crippen molar-refractivity contribution in [3.05, 3.63) is 29.6 Å². The molecule has 0 aliphatic carbocycles. The standard InChI is InChI=1S/C14H20N2O/c1-11-7-13(9-15-8-11)10-16-5-3-14(4-6-16)12(2)17/h7-9,14H,3-6,10H2,1-2H3. The second kappa shape index (κ2) is 5.41. The van der Waals surface area contributed by atoms with E-state index in [0.717, 1.165) is 32.5 Å². The average molecular weight is 232 g/mol. The Labute approximate surface area is 103 Å². The third-order valence-electron chi connectivity index (χ3n) is 3.50. The summed E-state index contributed by atoms with van der Waals surface area (Å²) in [7, 11) is 0. The summed E-state index contributed by atoms with van der Waals surface area (Å²) in [6.07, 6.45) is 5.83. The fraction of sp³-hybridized carbons (Fsp3) is 0.571. The quantitative estimate of drug-likeness (QED) is 0.801. The number of hydrogen-bond acceptors (Lipinski definition) is 3. The highest BCUT2D eigenvalue weighted by molar-refractivity contribution is 5.78. The van der Waals surface area contributed by atoms with Crippen LogP contribution in [0.3, 0.4) is 0 Å². The van der Waals surface area contributed by atoms with Crippen molar-refractivity contribution >= 4 is 5.78 Å². The number of ketones is 1. The number of aryl methyl sites for hydroxylation is 1. The molecular formula is C14H20N2O. The van der Waals surface area contributed by atoms with Crippen molar-refractivity contribution in [2.75, 3.05) is 13.1 Å². The van der Waals surface area contributed by atoms with Crippen molar-refractivity contribution in [2.24, 2.45) is 5.92 Å². The maximum atomic E-state index is 11.3. The summed E-state index contributed by atoms with van der Waals surface area (Å²) in [5, 5.41) is 0. The number of nitrogens with zero attached hydrogens (tertiary/aromatic N) is 2. The molecule has 0 atom stereocenters. The third-order valence-corrected chi connectivity index (χ3v) is 3.50. The van der Waals surface area contributed by atoms with Gasteiger partial charge in [0.1, 0.15) is 5.78 Å². The Kier molecular flexibility index (Phi) is 3.89. The van der Waals surface area contributed by atoms with E-state index in [9.17, 15) is 4.79 Å². The fourth-order valence-electron chi connectivity index (χ4n) is 2.46. The van der Waals surface area contributed by atoms with Crippen molar-refractivity contribution in [2.45, 2.75) is 33.2 Å². The predicted molar refractivity (Wildman–Crippen MR) is 67.7 cm³/mol. The Morgan fingerprint density at radius 1 is 1.41 bits per heavy atom. The zero-order chi connectivity index (χ0) is 12.3. The van der Waals surface area contributed by atoms with Gasteiger partial charge < -0.3 is 0 Å². The SMILES string of the molecule is CC(=O)C1CCN(Cc2cncc(C)c2)CC1. The van der Waals surface area contributed by atoms with Gasteiger partial charge in [0.2, 0.25) is 0 Å². The molecule has 3 nitrogen and oxygen atoms in total. The van der Waals surface area contributed by atoms with Gasteiger partial charge in [-0.05, 0) is 50.9 Å². The summed E-state index contributed by atoms with van der Waals surface area (Å²) >= 11 is 0. The molecule has 0 bridgehead atoms. The monoisotopic (exact) mass is 232 g/mol. The first kappa shape index (κ1) is 12.2. The molecule has 0 spiro atoms. The van der Waals surface area contributed by atoms with Crippen LogP contribution in [0.15, 0.2) is 18.5 Å². The summed E-state index contributed by atoms with van der Waals surface area (Å²) in [5.74, 6) is 0.642. The fourth-order valence-corrected chi connectivity index (χ4v) is 2.46. The largest absolute Gasteiger partial charge is 0.300 e. The molecule has 1 aromatic rings. The molecule has 1 aromatic heterocycles. The molecule has 0 saturated carbocycles. The second-order valence-electron chi connectivity index (χ2n) is 5.03. The van der Waals surface area contributed by atoms with Crippen molar-refractivity contribution in [3.63, 3.8) is 0 Å². The minimum atomic E-state index is 0.293. The number of hydrogen-bond donors (Lipinski definition) is 0. The third kappa shape index (κ3) is 3.37. The lowest BCUT2D eigenvalue weighted by atomic mass is 9.93. The second-order valence-corrected chi connectivity index (χ2v) is 5.03. The number of carbonyl (C=O) groups is 1. The number of aromatic nitrogens is 1.